The van der Waals surface area contributed by atoms with Crippen LogP contribution in [0.4, 0.5) is 0 Å². The van der Waals surface area contributed by atoms with E-state index in [0.29, 0.717) is 24.7 Å². The second kappa shape index (κ2) is 6.92. The number of nitrogens with zero attached hydrogens (tertiary/aromatic N) is 4. The maximum atomic E-state index is 11.7. The second-order valence-electron chi connectivity index (χ2n) is 7.01. The fraction of sp³-hybridized carbons (Fsp3) is 0.556. The number of aromatic amines is 1. The van der Waals surface area contributed by atoms with E-state index in [1.165, 1.54) is 32.1 Å². The van der Waals surface area contributed by atoms with Crippen LogP contribution in [0.5, 0.6) is 0 Å². The van der Waals surface area contributed by atoms with Crippen molar-refractivity contribution in [3.8, 4) is 0 Å². The third-order valence-corrected chi connectivity index (χ3v) is 5.34. The highest BCUT2D eigenvalue weighted by molar-refractivity contribution is 5.75. The molecule has 2 aliphatic rings. The molecule has 7 heteroatoms. The molecule has 0 saturated heterocycles. The molecular formula is C18H23N5O2. The minimum atomic E-state index is -0.868. The molecule has 2 aromatic heterocycles. The maximum Gasteiger partial charge on any atom is 0.327 e. The first kappa shape index (κ1) is 16.2. The summed E-state index contributed by atoms with van der Waals surface area (Å²) in [4.78, 5) is 30.1. The first-order valence-electron chi connectivity index (χ1n) is 9.02. The lowest BCUT2D eigenvalue weighted by molar-refractivity contribution is -0.144. The van der Waals surface area contributed by atoms with Crippen molar-refractivity contribution in [2.45, 2.75) is 57.0 Å². The van der Waals surface area contributed by atoms with Gasteiger partial charge in [-0.1, -0.05) is 19.3 Å². The molecular weight excluding hydrogens is 318 g/mol. The Hall–Kier alpha value is -2.28. The number of imidazole rings is 1. The number of hydrogen-bond donors (Lipinski definition) is 2. The number of nitrogens with one attached hydrogen (secondary N) is 1. The highest BCUT2D eigenvalue weighted by Crippen LogP contribution is 2.31. The predicted molar refractivity (Wildman–Crippen MR) is 90.9 cm³/mol. The average molecular weight is 341 g/mol. The molecule has 1 fully saturated rings. The van der Waals surface area contributed by atoms with Gasteiger partial charge in [-0.25, -0.2) is 15.0 Å². The van der Waals surface area contributed by atoms with Crippen LogP contribution in [0.15, 0.2) is 18.7 Å². The van der Waals surface area contributed by atoms with E-state index in [1.807, 2.05) is 17.3 Å². The van der Waals surface area contributed by atoms with Crippen LogP contribution in [0, 0.1) is 0 Å². The molecule has 1 saturated carbocycles. The molecule has 1 atom stereocenters. The van der Waals surface area contributed by atoms with Gasteiger partial charge in [0.1, 0.15) is 5.82 Å². The van der Waals surface area contributed by atoms with Gasteiger partial charge in [0.2, 0.25) is 0 Å². The van der Waals surface area contributed by atoms with Gasteiger partial charge in [-0.15, -0.1) is 0 Å². The lowest BCUT2D eigenvalue weighted by Crippen LogP contribution is -2.39. The molecule has 2 aromatic rings. The smallest absolute Gasteiger partial charge is 0.327 e. The van der Waals surface area contributed by atoms with Gasteiger partial charge < -0.3 is 10.1 Å². The molecule has 0 aromatic carbocycles. The third-order valence-electron chi connectivity index (χ3n) is 5.34. The van der Waals surface area contributed by atoms with E-state index >= 15 is 0 Å². The van der Waals surface area contributed by atoms with Crippen molar-refractivity contribution in [2.24, 2.45) is 0 Å². The zero-order valence-corrected chi connectivity index (χ0v) is 14.2. The molecule has 1 aliphatic carbocycles. The standard InChI is InChI=1S/C18H23N5O2/c24-18(25)16-15-14(21-11-22-15)6-7-23(16)10-12-8-19-17(20-9-12)13-4-2-1-3-5-13/h8-9,11,13,16H,1-7,10H2,(H,21,22)(H,24,25). The van der Waals surface area contributed by atoms with Crippen LogP contribution in [0.2, 0.25) is 0 Å². The SMILES string of the molecule is O=C(O)C1c2nc[nH]c2CCN1Cc1cnc(C2CCCCC2)nc1. The van der Waals surface area contributed by atoms with E-state index in [1.54, 1.807) is 6.33 Å². The minimum Gasteiger partial charge on any atom is -0.480 e. The monoisotopic (exact) mass is 341 g/mol. The number of carboxylic acids is 1. The van der Waals surface area contributed by atoms with Crippen molar-refractivity contribution >= 4 is 5.97 Å². The summed E-state index contributed by atoms with van der Waals surface area (Å²) in [7, 11) is 0. The summed E-state index contributed by atoms with van der Waals surface area (Å²) in [5.74, 6) is 0.551. The molecule has 4 rings (SSSR count). The summed E-state index contributed by atoms with van der Waals surface area (Å²) in [6, 6.07) is -0.715. The molecule has 7 nitrogen and oxygen atoms in total. The molecule has 132 valence electrons. The Morgan fingerprint density at radius 2 is 1.96 bits per heavy atom. The molecule has 0 spiro atoms. The summed E-state index contributed by atoms with van der Waals surface area (Å²) in [5.41, 5.74) is 2.50. The van der Waals surface area contributed by atoms with Crippen molar-refractivity contribution in [3.05, 3.63) is 41.5 Å². The number of aromatic nitrogens is 4. The van der Waals surface area contributed by atoms with Gasteiger partial charge in [-0.2, -0.15) is 0 Å². The van der Waals surface area contributed by atoms with E-state index in [0.717, 1.165) is 23.5 Å². The lowest BCUT2D eigenvalue weighted by Gasteiger charge is -2.32. The minimum absolute atomic E-state index is 0.483. The fourth-order valence-corrected chi connectivity index (χ4v) is 4.02. The topological polar surface area (TPSA) is 95.0 Å². The van der Waals surface area contributed by atoms with E-state index in [2.05, 4.69) is 19.9 Å². The van der Waals surface area contributed by atoms with Crippen LogP contribution >= 0.6 is 0 Å². The lowest BCUT2D eigenvalue weighted by atomic mass is 9.89. The van der Waals surface area contributed by atoms with Crippen LogP contribution in [0.25, 0.3) is 0 Å². The van der Waals surface area contributed by atoms with E-state index in [-0.39, 0.29) is 0 Å². The van der Waals surface area contributed by atoms with Gasteiger partial charge in [0.05, 0.1) is 12.0 Å². The second-order valence-corrected chi connectivity index (χ2v) is 7.01. The summed E-state index contributed by atoms with van der Waals surface area (Å²) < 4.78 is 0. The Morgan fingerprint density at radius 3 is 2.68 bits per heavy atom. The summed E-state index contributed by atoms with van der Waals surface area (Å²) >= 11 is 0. The third kappa shape index (κ3) is 3.28. The Bertz CT molecular complexity index is 736. The van der Waals surface area contributed by atoms with Crippen molar-refractivity contribution in [1.29, 1.82) is 0 Å². The molecule has 0 amide bonds. The van der Waals surface area contributed by atoms with Crippen molar-refractivity contribution in [3.63, 3.8) is 0 Å². The van der Waals surface area contributed by atoms with Gasteiger partial charge in [-0.05, 0) is 12.8 Å². The normalized spacial score (nSPS) is 21.8. The number of carbonyl (C=O) groups is 1. The molecule has 25 heavy (non-hydrogen) atoms. The Balaban J connectivity index is 1.49. The number of fused-ring (bicyclic) bond motifs is 1. The highest BCUT2D eigenvalue weighted by atomic mass is 16.4. The van der Waals surface area contributed by atoms with Gasteiger partial charge >= 0.3 is 5.97 Å². The summed E-state index contributed by atoms with van der Waals surface area (Å²) in [5, 5.41) is 9.64. The molecule has 1 unspecified atom stereocenters. The van der Waals surface area contributed by atoms with Crippen LogP contribution in [-0.2, 0) is 17.8 Å². The number of rotatable bonds is 4. The Kier molecular flexibility index (Phi) is 4.48. The van der Waals surface area contributed by atoms with Crippen LogP contribution in [0.1, 0.15) is 66.8 Å². The van der Waals surface area contributed by atoms with E-state index < -0.39 is 12.0 Å². The Morgan fingerprint density at radius 1 is 1.20 bits per heavy atom. The number of H-pyrrole nitrogens is 1. The average Bonchev–Trinajstić information content (AvgIpc) is 3.11. The zero-order valence-electron chi connectivity index (χ0n) is 14.2. The van der Waals surface area contributed by atoms with Gasteiger partial charge in [0.25, 0.3) is 0 Å². The van der Waals surface area contributed by atoms with Crippen LogP contribution in [0.3, 0.4) is 0 Å². The molecule has 0 radical (unpaired) electrons. The number of hydrogen-bond acceptors (Lipinski definition) is 5. The summed E-state index contributed by atoms with van der Waals surface area (Å²) in [6.45, 7) is 1.20. The predicted octanol–water partition coefficient (Wildman–Crippen LogP) is 2.43. The number of aliphatic carboxylic acids is 1. The zero-order chi connectivity index (χ0) is 17.2. The summed E-state index contributed by atoms with van der Waals surface area (Å²) in [6.07, 6.45) is 12.3. The van der Waals surface area contributed by atoms with Gasteiger partial charge in [0.15, 0.2) is 6.04 Å². The van der Waals surface area contributed by atoms with Crippen molar-refractivity contribution in [1.82, 2.24) is 24.8 Å². The molecule has 2 N–H and O–H groups in total. The van der Waals surface area contributed by atoms with E-state index in [4.69, 9.17) is 0 Å². The maximum absolute atomic E-state index is 11.7. The fourth-order valence-electron chi connectivity index (χ4n) is 4.02. The van der Waals surface area contributed by atoms with Gasteiger partial charge in [-0.3, -0.25) is 9.69 Å². The molecule has 0 bridgehead atoms. The highest BCUT2D eigenvalue weighted by Gasteiger charge is 2.35. The Labute approximate surface area is 146 Å². The number of carboxylic acid groups (broad SMARTS) is 1. The van der Waals surface area contributed by atoms with Crippen molar-refractivity contribution in [2.75, 3.05) is 6.54 Å². The first-order valence-corrected chi connectivity index (χ1v) is 9.02. The van der Waals surface area contributed by atoms with Gasteiger partial charge in [0, 0.05) is 49.1 Å². The first-order chi connectivity index (χ1) is 12.2. The van der Waals surface area contributed by atoms with Crippen LogP contribution in [-0.4, -0.2) is 42.5 Å². The van der Waals surface area contributed by atoms with Crippen LogP contribution < -0.4 is 0 Å². The quantitative estimate of drug-likeness (QED) is 0.887. The largest absolute Gasteiger partial charge is 0.480 e. The molecule has 3 heterocycles. The molecule has 1 aliphatic heterocycles. The van der Waals surface area contributed by atoms with E-state index in [9.17, 15) is 9.90 Å². The van der Waals surface area contributed by atoms with Crippen molar-refractivity contribution < 1.29 is 9.90 Å².